The number of likely N-dealkylation sites (N-methyl/N-ethyl adjacent to an activating group) is 1. The quantitative estimate of drug-likeness (QED) is 0.463. The summed E-state index contributed by atoms with van der Waals surface area (Å²) in [7, 11) is 0. The molecule has 1 N–H and O–H groups in total. The summed E-state index contributed by atoms with van der Waals surface area (Å²) in [5.41, 5.74) is 3.92. The second-order valence-corrected chi connectivity index (χ2v) is 8.81. The van der Waals surface area contributed by atoms with Crippen molar-refractivity contribution in [1.82, 2.24) is 20.2 Å². The normalized spacial score (nSPS) is 15.9. The molecule has 4 rings (SSSR count). The molecule has 174 valence electrons. The van der Waals surface area contributed by atoms with Gasteiger partial charge in [0.2, 0.25) is 0 Å². The Morgan fingerprint density at radius 3 is 2.64 bits per heavy atom. The van der Waals surface area contributed by atoms with Crippen molar-refractivity contribution in [3.05, 3.63) is 83.3 Å². The minimum absolute atomic E-state index is 0.538. The molecule has 4 nitrogen and oxygen atoms in total. The highest BCUT2D eigenvalue weighted by molar-refractivity contribution is 5.59. The summed E-state index contributed by atoms with van der Waals surface area (Å²) in [4.78, 5) is 11.6. The van der Waals surface area contributed by atoms with E-state index in [1.165, 1.54) is 30.5 Å². The smallest absolute Gasteiger partial charge is 0.128 e. The molecular weight excluding hydrogens is 418 g/mol. The summed E-state index contributed by atoms with van der Waals surface area (Å²) < 4.78 is 26.8. The third-order valence-electron chi connectivity index (χ3n) is 6.21. The molecule has 0 bridgehead atoms. The third kappa shape index (κ3) is 6.89. The minimum Gasteiger partial charge on any atom is -0.313 e. The average Bonchev–Trinajstić information content (AvgIpc) is 3.31. The number of nitrogens with one attached hydrogen (secondary N) is 1. The van der Waals surface area contributed by atoms with Gasteiger partial charge in [-0.3, -0.25) is 4.90 Å². The monoisotopic (exact) mass is 450 g/mol. The van der Waals surface area contributed by atoms with Crippen LogP contribution in [0.4, 0.5) is 8.78 Å². The van der Waals surface area contributed by atoms with Gasteiger partial charge in [-0.05, 0) is 74.2 Å². The standard InChI is InChI=1S/C27H32F2N4/c1-2-33(19-25-9-5-12-30-25)18-21-7-3-8-22(14-21)26-11-13-31-27(32-26)10-4-6-20-15-23(28)17-24(29)16-20/h3,7-8,11,13-17,25,30H,2,4-6,9-10,12,18-19H2,1H3/t25-/m0/s1. The minimum atomic E-state index is -0.538. The molecule has 0 saturated carbocycles. The lowest BCUT2D eigenvalue weighted by Gasteiger charge is -2.24. The molecule has 0 radical (unpaired) electrons. The fourth-order valence-electron chi connectivity index (χ4n) is 4.50. The first kappa shape index (κ1) is 23.5. The highest BCUT2D eigenvalue weighted by Gasteiger charge is 2.17. The molecule has 1 aromatic heterocycles. The molecule has 6 heteroatoms. The molecule has 0 aliphatic carbocycles. The average molecular weight is 451 g/mol. The van der Waals surface area contributed by atoms with Gasteiger partial charge in [0.15, 0.2) is 0 Å². The molecule has 1 saturated heterocycles. The topological polar surface area (TPSA) is 41.1 Å². The van der Waals surface area contributed by atoms with E-state index in [1.807, 2.05) is 6.07 Å². The van der Waals surface area contributed by atoms with Gasteiger partial charge < -0.3 is 5.32 Å². The van der Waals surface area contributed by atoms with E-state index in [-0.39, 0.29) is 0 Å². The molecule has 0 amide bonds. The summed E-state index contributed by atoms with van der Waals surface area (Å²) in [6, 6.07) is 14.8. The molecule has 3 aromatic rings. The van der Waals surface area contributed by atoms with Crippen LogP contribution < -0.4 is 5.32 Å². The van der Waals surface area contributed by atoms with E-state index in [0.29, 0.717) is 24.4 Å². The molecule has 1 aliphatic rings. The van der Waals surface area contributed by atoms with Crippen molar-refractivity contribution in [3.63, 3.8) is 0 Å². The molecule has 2 heterocycles. The number of halogens is 2. The van der Waals surface area contributed by atoms with Gasteiger partial charge in [-0.2, -0.15) is 0 Å². The zero-order valence-electron chi connectivity index (χ0n) is 19.2. The number of aromatic nitrogens is 2. The predicted octanol–water partition coefficient (Wildman–Crippen LogP) is 5.17. The van der Waals surface area contributed by atoms with Gasteiger partial charge >= 0.3 is 0 Å². The lowest BCUT2D eigenvalue weighted by Crippen LogP contribution is -2.37. The molecular formula is C27H32F2N4. The van der Waals surface area contributed by atoms with E-state index >= 15 is 0 Å². The van der Waals surface area contributed by atoms with Crippen LogP contribution in [-0.4, -0.2) is 40.5 Å². The predicted molar refractivity (Wildman–Crippen MR) is 128 cm³/mol. The van der Waals surface area contributed by atoms with Crippen molar-refractivity contribution < 1.29 is 8.78 Å². The third-order valence-corrected chi connectivity index (χ3v) is 6.21. The highest BCUT2D eigenvalue weighted by Crippen LogP contribution is 2.20. The molecule has 2 aromatic carbocycles. The van der Waals surface area contributed by atoms with Crippen LogP contribution in [0.2, 0.25) is 0 Å². The first-order valence-electron chi connectivity index (χ1n) is 11.9. The Hall–Kier alpha value is -2.70. The Kier molecular flexibility index (Phi) is 8.13. The number of hydrogen-bond donors (Lipinski definition) is 1. The van der Waals surface area contributed by atoms with E-state index in [1.54, 1.807) is 6.20 Å². The Balaban J connectivity index is 1.38. The molecule has 0 spiro atoms. The van der Waals surface area contributed by atoms with Crippen molar-refractivity contribution in [2.45, 2.75) is 51.6 Å². The number of rotatable bonds is 10. The van der Waals surface area contributed by atoms with Gasteiger partial charge in [0.25, 0.3) is 0 Å². The van der Waals surface area contributed by atoms with E-state index in [2.05, 4.69) is 46.4 Å². The first-order chi connectivity index (χ1) is 16.1. The van der Waals surface area contributed by atoms with Gasteiger partial charge in [0, 0.05) is 43.4 Å². The summed E-state index contributed by atoms with van der Waals surface area (Å²) in [5.74, 6) is -0.328. The first-order valence-corrected chi connectivity index (χ1v) is 11.9. The SMILES string of the molecule is CCN(Cc1cccc(-c2ccnc(CCCc3cc(F)cc(F)c3)n2)c1)C[C@@H]1CCCN1. The van der Waals surface area contributed by atoms with E-state index in [9.17, 15) is 8.78 Å². The summed E-state index contributed by atoms with van der Waals surface area (Å²) in [6.45, 7) is 6.37. The van der Waals surface area contributed by atoms with Crippen LogP contribution in [0.15, 0.2) is 54.7 Å². The van der Waals surface area contributed by atoms with Crippen LogP contribution in [0.5, 0.6) is 0 Å². The Morgan fingerprint density at radius 1 is 1.03 bits per heavy atom. The van der Waals surface area contributed by atoms with E-state index < -0.39 is 11.6 Å². The fraction of sp³-hybridized carbons (Fsp3) is 0.407. The van der Waals surface area contributed by atoms with Gasteiger partial charge in [-0.15, -0.1) is 0 Å². The summed E-state index contributed by atoms with van der Waals surface area (Å²) in [5, 5.41) is 3.59. The van der Waals surface area contributed by atoms with Crippen LogP contribution in [0.25, 0.3) is 11.3 Å². The van der Waals surface area contributed by atoms with Crippen LogP contribution in [0.3, 0.4) is 0 Å². The number of aryl methyl sites for hydroxylation is 2. The summed E-state index contributed by atoms with van der Waals surface area (Å²) in [6.07, 6.45) is 6.29. The van der Waals surface area contributed by atoms with Crippen LogP contribution in [0, 0.1) is 11.6 Å². The largest absolute Gasteiger partial charge is 0.313 e. The Morgan fingerprint density at radius 2 is 1.88 bits per heavy atom. The second-order valence-electron chi connectivity index (χ2n) is 8.81. The number of benzene rings is 2. The van der Waals surface area contributed by atoms with Crippen molar-refractivity contribution in [2.75, 3.05) is 19.6 Å². The lowest BCUT2D eigenvalue weighted by molar-refractivity contribution is 0.253. The van der Waals surface area contributed by atoms with Crippen LogP contribution in [-0.2, 0) is 19.4 Å². The Bertz CT molecular complexity index is 1030. The van der Waals surface area contributed by atoms with Crippen LogP contribution >= 0.6 is 0 Å². The molecule has 33 heavy (non-hydrogen) atoms. The van der Waals surface area contributed by atoms with Crippen molar-refractivity contribution >= 4 is 0 Å². The van der Waals surface area contributed by atoms with E-state index in [0.717, 1.165) is 55.7 Å². The maximum absolute atomic E-state index is 13.4. The zero-order chi connectivity index (χ0) is 23.0. The molecule has 1 atom stereocenters. The maximum atomic E-state index is 13.4. The van der Waals surface area contributed by atoms with Gasteiger partial charge in [-0.1, -0.05) is 25.1 Å². The van der Waals surface area contributed by atoms with Gasteiger partial charge in [0.05, 0.1) is 5.69 Å². The zero-order valence-corrected chi connectivity index (χ0v) is 19.2. The maximum Gasteiger partial charge on any atom is 0.128 e. The van der Waals surface area contributed by atoms with E-state index in [4.69, 9.17) is 4.98 Å². The van der Waals surface area contributed by atoms with Crippen LogP contribution in [0.1, 0.15) is 43.1 Å². The molecule has 1 fully saturated rings. The number of nitrogens with zero attached hydrogens (tertiary/aromatic N) is 3. The summed E-state index contributed by atoms with van der Waals surface area (Å²) >= 11 is 0. The van der Waals surface area contributed by atoms with Crippen molar-refractivity contribution in [1.29, 1.82) is 0 Å². The molecule has 0 unspecified atom stereocenters. The molecule has 1 aliphatic heterocycles. The lowest BCUT2D eigenvalue weighted by atomic mass is 10.1. The number of hydrogen-bond acceptors (Lipinski definition) is 4. The van der Waals surface area contributed by atoms with Gasteiger partial charge in [-0.25, -0.2) is 18.7 Å². The fourth-order valence-corrected chi connectivity index (χ4v) is 4.50. The van der Waals surface area contributed by atoms with Gasteiger partial charge in [0.1, 0.15) is 17.5 Å². The highest BCUT2D eigenvalue weighted by atomic mass is 19.1. The van der Waals surface area contributed by atoms with Crippen molar-refractivity contribution in [2.24, 2.45) is 0 Å². The van der Waals surface area contributed by atoms with Crippen molar-refractivity contribution in [3.8, 4) is 11.3 Å². The second kappa shape index (κ2) is 11.4. The Labute approximate surface area is 195 Å².